The lowest BCUT2D eigenvalue weighted by atomic mass is 10.1. The standard InChI is InChI=1S/C26H27N3O/c1-19-8-11-22(12-9-19)18-29-25-16-23(14-15-24(25)17-27-29)26(30)28-20(2)10-13-21-6-4-3-5-7-21/h3-9,11-12,14-17,20H,10,13,18H2,1-2H3,(H,28,30)/t20-/m1/s1. The maximum Gasteiger partial charge on any atom is 0.251 e. The lowest BCUT2D eigenvalue weighted by Crippen LogP contribution is -2.32. The summed E-state index contributed by atoms with van der Waals surface area (Å²) in [5.41, 5.74) is 5.36. The second-order valence-corrected chi connectivity index (χ2v) is 7.96. The van der Waals surface area contributed by atoms with Crippen molar-refractivity contribution in [1.82, 2.24) is 15.1 Å². The summed E-state index contributed by atoms with van der Waals surface area (Å²) in [5, 5.41) is 8.69. The molecule has 0 fully saturated rings. The fourth-order valence-electron chi connectivity index (χ4n) is 3.61. The van der Waals surface area contributed by atoms with Gasteiger partial charge in [-0.05, 0) is 49.9 Å². The highest BCUT2D eigenvalue weighted by Gasteiger charge is 2.12. The first kappa shape index (κ1) is 19.9. The van der Waals surface area contributed by atoms with E-state index in [1.807, 2.05) is 47.3 Å². The van der Waals surface area contributed by atoms with Gasteiger partial charge in [-0.2, -0.15) is 5.10 Å². The van der Waals surface area contributed by atoms with Crippen LogP contribution in [-0.4, -0.2) is 21.7 Å². The number of carbonyl (C=O) groups is 1. The molecule has 4 heteroatoms. The smallest absolute Gasteiger partial charge is 0.251 e. The second kappa shape index (κ2) is 8.95. The highest BCUT2D eigenvalue weighted by molar-refractivity contribution is 5.98. The van der Waals surface area contributed by atoms with Crippen LogP contribution in [-0.2, 0) is 13.0 Å². The predicted octanol–water partition coefficient (Wildman–Crippen LogP) is 5.14. The summed E-state index contributed by atoms with van der Waals surface area (Å²) >= 11 is 0. The molecular weight excluding hydrogens is 370 g/mol. The summed E-state index contributed by atoms with van der Waals surface area (Å²) < 4.78 is 1.95. The summed E-state index contributed by atoms with van der Waals surface area (Å²) in [6.07, 6.45) is 3.71. The number of carbonyl (C=O) groups excluding carboxylic acids is 1. The highest BCUT2D eigenvalue weighted by Crippen LogP contribution is 2.18. The highest BCUT2D eigenvalue weighted by atomic mass is 16.1. The van der Waals surface area contributed by atoms with Crippen LogP contribution in [0.15, 0.2) is 79.0 Å². The molecule has 0 aliphatic carbocycles. The molecule has 1 aromatic heterocycles. The van der Waals surface area contributed by atoms with Crippen molar-refractivity contribution in [2.24, 2.45) is 0 Å². The van der Waals surface area contributed by atoms with Gasteiger partial charge in [0.05, 0.1) is 18.3 Å². The number of aromatic nitrogens is 2. The van der Waals surface area contributed by atoms with Gasteiger partial charge >= 0.3 is 0 Å². The molecule has 0 aliphatic rings. The molecule has 3 aromatic carbocycles. The number of aryl methyl sites for hydroxylation is 2. The minimum Gasteiger partial charge on any atom is -0.350 e. The molecule has 152 valence electrons. The van der Waals surface area contributed by atoms with Gasteiger partial charge in [-0.25, -0.2) is 0 Å². The quantitative estimate of drug-likeness (QED) is 0.469. The van der Waals surface area contributed by atoms with Crippen LogP contribution in [0.5, 0.6) is 0 Å². The molecule has 0 aliphatic heterocycles. The number of rotatable bonds is 7. The maximum atomic E-state index is 12.8. The average Bonchev–Trinajstić information content (AvgIpc) is 3.16. The molecule has 30 heavy (non-hydrogen) atoms. The van der Waals surface area contributed by atoms with Gasteiger partial charge in [0.1, 0.15) is 0 Å². The van der Waals surface area contributed by atoms with Gasteiger partial charge in [-0.3, -0.25) is 9.48 Å². The Morgan fingerprint density at radius 1 is 1.00 bits per heavy atom. The minimum absolute atomic E-state index is 0.0412. The topological polar surface area (TPSA) is 46.9 Å². The average molecular weight is 398 g/mol. The molecule has 4 aromatic rings. The molecule has 4 rings (SSSR count). The van der Waals surface area contributed by atoms with E-state index in [4.69, 9.17) is 0 Å². The third kappa shape index (κ3) is 4.77. The molecule has 0 spiro atoms. The summed E-state index contributed by atoms with van der Waals surface area (Å²) in [6, 6.07) is 24.7. The summed E-state index contributed by atoms with van der Waals surface area (Å²) in [6.45, 7) is 4.82. The van der Waals surface area contributed by atoms with Crippen molar-refractivity contribution in [1.29, 1.82) is 0 Å². The Morgan fingerprint density at radius 3 is 2.53 bits per heavy atom. The Balaban J connectivity index is 1.44. The molecule has 0 bridgehead atoms. The fraction of sp³-hybridized carbons (Fsp3) is 0.231. The van der Waals surface area contributed by atoms with Crippen LogP contribution in [0.3, 0.4) is 0 Å². The number of amides is 1. The van der Waals surface area contributed by atoms with Crippen LogP contribution in [0, 0.1) is 6.92 Å². The van der Waals surface area contributed by atoms with Gasteiger partial charge in [0.25, 0.3) is 5.91 Å². The van der Waals surface area contributed by atoms with Gasteiger partial charge in [0.2, 0.25) is 0 Å². The van der Waals surface area contributed by atoms with Gasteiger partial charge in [0, 0.05) is 17.0 Å². The number of nitrogens with zero attached hydrogens (tertiary/aromatic N) is 2. The van der Waals surface area contributed by atoms with Crippen molar-refractivity contribution in [3.8, 4) is 0 Å². The van der Waals surface area contributed by atoms with Gasteiger partial charge in [0.15, 0.2) is 0 Å². The van der Waals surface area contributed by atoms with Gasteiger partial charge < -0.3 is 5.32 Å². The zero-order chi connectivity index (χ0) is 20.9. The summed E-state index contributed by atoms with van der Waals surface area (Å²) in [5.74, 6) is -0.0412. The molecule has 0 radical (unpaired) electrons. The molecule has 1 atom stereocenters. The van der Waals surface area contributed by atoms with Crippen LogP contribution < -0.4 is 5.32 Å². The van der Waals surface area contributed by atoms with E-state index in [1.54, 1.807) is 0 Å². The van der Waals surface area contributed by atoms with Crippen LogP contribution in [0.2, 0.25) is 0 Å². The first-order chi connectivity index (χ1) is 14.6. The van der Waals surface area contributed by atoms with E-state index in [2.05, 4.69) is 60.7 Å². The van der Waals surface area contributed by atoms with Crippen LogP contribution in [0.25, 0.3) is 10.9 Å². The molecule has 1 amide bonds. The van der Waals surface area contributed by atoms with E-state index in [0.717, 1.165) is 23.7 Å². The first-order valence-electron chi connectivity index (χ1n) is 10.4. The number of benzene rings is 3. The predicted molar refractivity (Wildman–Crippen MR) is 122 cm³/mol. The Hall–Kier alpha value is -3.40. The third-order valence-electron chi connectivity index (χ3n) is 5.45. The zero-order valence-corrected chi connectivity index (χ0v) is 17.5. The number of fused-ring (bicyclic) bond motifs is 1. The van der Waals surface area contributed by atoms with Gasteiger partial charge in [-0.1, -0.05) is 66.2 Å². The van der Waals surface area contributed by atoms with Crippen molar-refractivity contribution < 1.29 is 4.79 Å². The first-order valence-corrected chi connectivity index (χ1v) is 10.4. The monoisotopic (exact) mass is 397 g/mol. The Bertz CT molecular complexity index is 1130. The van der Waals surface area contributed by atoms with E-state index in [1.165, 1.54) is 16.7 Å². The van der Waals surface area contributed by atoms with E-state index in [9.17, 15) is 4.79 Å². The molecule has 0 saturated heterocycles. The van der Waals surface area contributed by atoms with Crippen molar-refractivity contribution in [3.63, 3.8) is 0 Å². The number of hydrogen-bond donors (Lipinski definition) is 1. The second-order valence-electron chi connectivity index (χ2n) is 7.96. The third-order valence-corrected chi connectivity index (χ3v) is 5.45. The molecule has 4 nitrogen and oxygen atoms in total. The van der Waals surface area contributed by atoms with Crippen molar-refractivity contribution >= 4 is 16.8 Å². The lowest BCUT2D eigenvalue weighted by Gasteiger charge is -2.14. The molecule has 0 saturated carbocycles. The fourth-order valence-corrected chi connectivity index (χ4v) is 3.61. The zero-order valence-electron chi connectivity index (χ0n) is 17.5. The van der Waals surface area contributed by atoms with E-state index >= 15 is 0 Å². The Morgan fingerprint density at radius 2 is 1.77 bits per heavy atom. The van der Waals surface area contributed by atoms with Crippen LogP contribution in [0.4, 0.5) is 0 Å². The Labute approximate surface area is 177 Å². The van der Waals surface area contributed by atoms with E-state index in [0.29, 0.717) is 12.1 Å². The van der Waals surface area contributed by atoms with Crippen LogP contribution >= 0.6 is 0 Å². The van der Waals surface area contributed by atoms with Crippen molar-refractivity contribution in [2.45, 2.75) is 39.3 Å². The van der Waals surface area contributed by atoms with Gasteiger partial charge in [-0.15, -0.1) is 0 Å². The molecule has 1 N–H and O–H groups in total. The summed E-state index contributed by atoms with van der Waals surface area (Å²) in [7, 11) is 0. The van der Waals surface area contributed by atoms with E-state index in [-0.39, 0.29) is 11.9 Å². The summed E-state index contributed by atoms with van der Waals surface area (Å²) in [4.78, 5) is 12.8. The van der Waals surface area contributed by atoms with E-state index < -0.39 is 0 Å². The largest absolute Gasteiger partial charge is 0.350 e. The Kier molecular flexibility index (Phi) is 5.94. The maximum absolute atomic E-state index is 12.8. The van der Waals surface area contributed by atoms with Crippen molar-refractivity contribution in [3.05, 3.63) is 101 Å². The molecular formula is C26H27N3O. The van der Waals surface area contributed by atoms with Crippen LogP contribution in [0.1, 0.15) is 40.4 Å². The number of nitrogens with one attached hydrogen (secondary N) is 1. The SMILES string of the molecule is Cc1ccc(Cn2ncc3ccc(C(=O)N[C@H](C)CCc4ccccc4)cc32)cc1. The lowest BCUT2D eigenvalue weighted by molar-refractivity contribution is 0.0938. The normalized spacial score (nSPS) is 12.1. The van der Waals surface area contributed by atoms with Crippen molar-refractivity contribution in [2.75, 3.05) is 0 Å². The number of hydrogen-bond acceptors (Lipinski definition) is 2. The minimum atomic E-state index is -0.0412. The molecule has 1 heterocycles. The molecule has 0 unspecified atom stereocenters.